The number of hydrogen-bond acceptors (Lipinski definition) is 4. The van der Waals surface area contributed by atoms with Gasteiger partial charge in [-0.15, -0.1) is 0 Å². The maximum atomic E-state index is 12.9. The molecule has 1 aliphatic rings. The zero-order valence-electron chi connectivity index (χ0n) is 13.4. The second-order valence-corrected chi connectivity index (χ2v) is 7.81. The summed E-state index contributed by atoms with van der Waals surface area (Å²) in [6, 6.07) is 14.3. The standard InChI is InChI=1S/C17H19ClN2O3S/c1-23-16-8-4-5-9-17(16)24(21,22)20-12-10-19(11-13-20)15-7-3-2-6-14(15)18/h2-9H,10-13H2,1H3. The molecule has 3 rings (SSSR count). The van der Waals surface area contributed by atoms with Gasteiger partial charge in [0.05, 0.1) is 17.8 Å². The van der Waals surface area contributed by atoms with Gasteiger partial charge in [0.25, 0.3) is 0 Å². The van der Waals surface area contributed by atoms with Crippen LogP contribution in [0, 0.1) is 0 Å². The molecule has 0 radical (unpaired) electrons. The fraction of sp³-hybridized carbons (Fsp3) is 0.294. The maximum absolute atomic E-state index is 12.9. The van der Waals surface area contributed by atoms with E-state index in [1.165, 1.54) is 11.4 Å². The molecule has 24 heavy (non-hydrogen) atoms. The molecule has 1 heterocycles. The lowest BCUT2D eigenvalue weighted by Crippen LogP contribution is -2.48. The molecule has 7 heteroatoms. The number of sulfonamides is 1. The van der Waals surface area contributed by atoms with E-state index >= 15 is 0 Å². The number of nitrogens with zero attached hydrogens (tertiary/aromatic N) is 2. The lowest BCUT2D eigenvalue weighted by Gasteiger charge is -2.35. The van der Waals surface area contributed by atoms with Crippen molar-refractivity contribution in [2.75, 3.05) is 38.2 Å². The molecule has 0 atom stereocenters. The predicted octanol–water partition coefficient (Wildman–Crippen LogP) is 2.86. The predicted molar refractivity (Wildman–Crippen MR) is 95.4 cm³/mol. The van der Waals surface area contributed by atoms with Gasteiger partial charge in [-0.05, 0) is 24.3 Å². The van der Waals surface area contributed by atoms with Gasteiger partial charge < -0.3 is 9.64 Å². The molecule has 0 aliphatic carbocycles. The number of para-hydroxylation sites is 2. The Morgan fingerprint density at radius 3 is 2.25 bits per heavy atom. The fourth-order valence-corrected chi connectivity index (χ4v) is 4.68. The van der Waals surface area contributed by atoms with Crippen molar-refractivity contribution in [2.45, 2.75) is 4.90 Å². The van der Waals surface area contributed by atoms with Gasteiger partial charge in [0, 0.05) is 26.2 Å². The van der Waals surface area contributed by atoms with E-state index in [1.54, 1.807) is 24.3 Å². The van der Waals surface area contributed by atoms with E-state index in [-0.39, 0.29) is 4.90 Å². The molecule has 0 amide bonds. The van der Waals surface area contributed by atoms with E-state index in [9.17, 15) is 8.42 Å². The molecule has 5 nitrogen and oxygen atoms in total. The minimum absolute atomic E-state index is 0.207. The minimum Gasteiger partial charge on any atom is -0.495 e. The van der Waals surface area contributed by atoms with Gasteiger partial charge in [-0.2, -0.15) is 4.31 Å². The largest absolute Gasteiger partial charge is 0.495 e. The molecule has 128 valence electrons. The number of rotatable bonds is 4. The summed E-state index contributed by atoms with van der Waals surface area (Å²) in [7, 11) is -2.10. The van der Waals surface area contributed by atoms with Gasteiger partial charge in [0.15, 0.2) is 0 Å². The van der Waals surface area contributed by atoms with Crippen LogP contribution in [-0.2, 0) is 10.0 Å². The Morgan fingerprint density at radius 2 is 1.58 bits per heavy atom. The number of ether oxygens (including phenoxy) is 1. The maximum Gasteiger partial charge on any atom is 0.246 e. The summed E-state index contributed by atoms with van der Waals surface area (Å²) >= 11 is 6.23. The molecule has 0 spiro atoms. The van der Waals surface area contributed by atoms with Crippen molar-refractivity contribution in [3.05, 3.63) is 53.6 Å². The van der Waals surface area contributed by atoms with Crippen molar-refractivity contribution in [1.29, 1.82) is 0 Å². The molecule has 2 aromatic rings. The van der Waals surface area contributed by atoms with Crippen LogP contribution in [0.15, 0.2) is 53.4 Å². The van der Waals surface area contributed by atoms with E-state index in [4.69, 9.17) is 16.3 Å². The first kappa shape index (κ1) is 17.1. The van der Waals surface area contributed by atoms with Crippen LogP contribution in [0.4, 0.5) is 5.69 Å². The third-order valence-electron chi connectivity index (χ3n) is 4.12. The number of hydrogen-bond donors (Lipinski definition) is 0. The molecule has 0 aromatic heterocycles. The van der Waals surface area contributed by atoms with E-state index in [2.05, 4.69) is 4.90 Å². The van der Waals surface area contributed by atoms with Crippen LogP contribution >= 0.6 is 11.6 Å². The number of piperazine rings is 1. The zero-order valence-corrected chi connectivity index (χ0v) is 14.9. The second-order valence-electron chi connectivity index (χ2n) is 5.49. The Kier molecular flexibility index (Phi) is 4.99. The van der Waals surface area contributed by atoms with Gasteiger partial charge in [0.1, 0.15) is 10.6 Å². The van der Waals surface area contributed by atoms with Gasteiger partial charge in [-0.3, -0.25) is 0 Å². The third kappa shape index (κ3) is 3.22. The van der Waals surface area contributed by atoms with E-state index < -0.39 is 10.0 Å². The quantitative estimate of drug-likeness (QED) is 0.834. The number of benzene rings is 2. The van der Waals surface area contributed by atoms with E-state index in [0.29, 0.717) is 37.0 Å². The summed E-state index contributed by atoms with van der Waals surface area (Å²) in [4.78, 5) is 2.31. The van der Waals surface area contributed by atoms with Crippen LogP contribution in [0.5, 0.6) is 5.75 Å². The molecule has 0 saturated carbocycles. The highest BCUT2D eigenvalue weighted by Crippen LogP contribution is 2.29. The van der Waals surface area contributed by atoms with Crippen LogP contribution in [0.3, 0.4) is 0 Å². The van der Waals surface area contributed by atoms with E-state index in [1.807, 2.05) is 24.3 Å². The van der Waals surface area contributed by atoms with Crippen LogP contribution in [-0.4, -0.2) is 46.0 Å². The smallest absolute Gasteiger partial charge is 0.246 e. The average molecular weight is 367 g/mol. The highest BCUT2D eigenvalue weighted by atomic mass is 35.5. The molecule has 0 N–H and O–H groups in total. The Hall–Kier alpha value is -1.76. The van der Waals surface area contributed by atoms with Gasteiger partial charge in [0.2, 0.25) is 10.0 Å². The Morgan fingerprint density at radius 1 is 0.958 bits per heavy atom. The van der Waals surface area contributed by atoms with Crippen molar-refractivity contribution in [3.8, 4) is 5.75 Å². The summed E-state index contributed by atoms with van der Waals surface area (Å²) < 4.78 is 32.4. The lowest BCUT2D eigenvalue weighted by atomic mass is 10.2. The molecular formula is C17H19ClN2O3S. The highest BCUT2D eigenvalue weighted by Gasteiger charge is 2.31. The summed E-state index contributed by atoms with van der Waals surface area (Å²) in [6.45, 7) is 2.01. The van der Waals surface area contributed by atoms with E-state index in [0.717, 1.165) is 5.69 Å². The number of halogens is 1. The normalized spacial score (nSPS) is 16.2. The Labute approximate surface area is 147 Å². The molecule has 0 bridgehead atoms. The first-order valence-corrected chi connectivity index (χ1v) is 9.48. The SMILES string of the molecule is COc1ccccc1S(=O)(=O)N1CCN(c2ccccc2Cl)CC1. The lowest BCUT2D eigenvalue weighted by molar-refractivity contribution is 0.374. The molecule has 1 saturated heterocycles. The van der Waals surface area contributed by atoms with Gasteiger partial charge >= 0.3 is 0 Å². The number of anilines is 1. The number of methoxy groups -OCH3 is 1. The van der Waals surface area contributed by atoms with Gasteiger partial charge in [-0.25, -0.2) is 8.42 Å². The Bertz CT molecular complexity index is 818. The average Bonchev–Trinajstić information content (AvgIpc) is 2.62. The molecular weight excluding hydrogens is 348 g/mol. The second kappa shape index (κ2) is 7.01. The van der Waals surface area contributed by atoms with Crippen molar-refractivity contribution >= 4 is 27.3 Å². The minimum atomic E-state index is -3.57. The molecule has 1 aliphatic heterocycles. The van der Waals surface area contributed by atoms with Crippen molar-refractivity contribution in [2.24, 2.45) is 0 Å². The molecule has 0 unspecified atom stereocenters. The fourth-order valence-electron chi connectivity index (χ4n) is 2.85. The highest BCUT2D eigenvalue weighted by molar-refractivity contribution is 7.89. The first-order valence-electron chi connectivity index (χ1n) is 7.66. The Balaban J connectivity index is 1.78. The monoisotopic (exact) mass is 366 g/mol. The zero-order chi connectivity index (χ0) is 17.2. The first-order chi connectivity index (χ1) is 11.5. The third-order valence-corrected chi connectivity index (χ3v) is 6.38. The topological polar surface area (TPSA) is 49.9 Å². The van der Waals surface area contributed by atoms with Crippen LogP contribution < -0.4 is 9.64 Å². The summed E-state index contributed by atoms with van der Waals surface area (Å²) in [5.74, 6) is 0.367. The van der Waals surface area contributed by atoms with Crippen molar-refractivity contribution in [3.63, 3.8) is 0 Å². The van der Waals surface area contributed by atoms with Crippen molar-refractivity contribution < 1.29 is 13.2 Å². The van der Waals surface area contributed by atoms with Gasteiger partial charge in [-0.1, -0.05) is 35.9 Å². The molecule has 1 fully saturated rings. The van der Waals surface area contributed by atoms with Crippen molar-refractivity contribution in [1.82, 2.24) is 4.31 Å². The summed E-state index contributed by atoms with van der Waals surface area (Å²) in [5.41, 5.74) is 0.938. The molecule has 2 aromatic carbocycles. The van der Waals surface area contributed by atoms with Crippen LogP contribution in [0.2, 0.25) is 5.02 Å². The summed E-state index contributed by atoms with van der Waals surface area (Å²) in [6.07, 6.45) is 0. The van der Waals surface area contributed by atoms with Crippen LogP contribution in [0.1, 0.15) is 0 Å². The van der Waals surface area contributed by atoms with Crippen LogP contribution in [0.25, 0.3) is 0 Å². The summed E-state index contributed by atoms with van der Waals surface area (Å²) in [5, 5.41) is 0.679.